The molecule has 0 unspecified atom stereocenters. The molecule has 0 atom stereocenters. The first-order valence-corrected chi connectivity index (χ1v) is 7.73. The predicted octanol–water partition coefficient (Wildman–Crippen LogP) is 3.47. The third-order valence-corrected chi connectivity index (χ3v) is 4.51. The van der Waals surface area contributed by atoms with E-state index in [-0.39, 0.29) is 5.91 Å². The lowest BCUT2D eigenvalue weighted by atomic mass is 10.2. The summed E-state index contributed by atoms with van der Waals surface area (Å²) in [5, 5.41) is 3.66. The number of rotatable bonds is 4. The Bertz CT molecular complexity index is 634. The van der Waals surface area contributed by atoms with Crippen LogP contribution in [0.3, 0.4) is 0 Å². The number of aromatic nitrogens is 1. The summed E-state index contributed by atoms with van der Waals surface area (Å²) < 4.78 is 0.887. The SMILES string of the molecule is Cc1ccc(N)cc1NC(=O)CSc1ncccc1Br. The van der Waals surface area contributed by atoms with Crippen LogP contribution in [0.2, 0.25) is 0 Å². The van der Waals surface area contributed by atoms with Crippen LogP contribution < -0.4 is 11.1 Å². The third kappa shape index (κ3) is 3.98. The summed E-state index contributed by atoms with van der Waals surface area (Å²) in [6.45, 7) is 1.93. The first-order valence-electron chi connectivity index (χ1n) is 5.95. The highest BCUT2D eigenvalue weighted by molar-refractivity contribution is 9.10. The normalized spacial score (nSPS) is 10.3. The number of nitrogen functional groups attached to an aromatic ring is 1. The number of benzene rings is 1. The van der Waals surface area contributed by atoms with Crippen LogP contribution in [-0.4, -0.2) is 16.6 Å². The number of carbonyl (C=O) groups excluding carboxylic acids is 1. The number of anilines is 2. The maximum Gasteiger partial charge on any atom is 0.234 e. The molecular formula is C14H14BrN3OS. The minimum atomic E-state index is -0.0822. The number of pyridine rings is 1. The first kappa shape index (κ1) is 14.9. The fourth-order valence-electron chi connectivity index (χ4n) is 1.57. The van der Waals surface area contributed by atoms with Crippen LogP contribution in [0.1, 0.15) is 5.56 Å². The first-order chi connectivity index (χ1) is 9.56. The molecule has 4 nitrogen and oxygen atoms in total. The number of carbonyl (C=O) groups is 1. The molecule has 20 heavy (non-hydrogen) atoms. The molecule has 0 fully saturated rings. The van der Waals surface area contributed by atoms with E-state index in [4.69, 9.17) is 5.73 Å². The van der Waals surface area contributed by atoms with Crippen LogP contribution in [0.15, 0.2) is 46.0 Å². The molecule has 104 valence electrons. The molecular weight excluding hydrogens is 338 g/mol. The lowest BCUT2D eigenvalue weighted by Crippen LogP contribution is -2.15. The number of hydrogen-bond acceptors (Lipinski definition) is 4. The average Bonchev–Trinajstić information content (AvgIpc) is 2.42. The van der Waals surface area contributed by atoms with E-state index in [1.165, 1.54) is 11.8 Å². The van der Waals surface area contributed by atoms with Gasteiger partial charge in [0.2, 0.25) is 5.91 Å². The number of nitrogens with one attached hydrogen (secondary N) is 1. The highest BCUT2D eigenvalue weighted by atomic mass is 79.9. The van der Waals surface area contributed by atoms with Crippen molar-refractivity contribution in [2.45, 2.75) is 11.9 Å². The summed E-state index contributed by atoms with van der Waals surface area (Å²) >= 11 is 4.79. The number of hydrogen-bond donors (Lipinski definition) is 2. The van der Waals surface area contributed by atoms with Crippen molar-refractivity contribution in [3.8, 4) is 0 Å². The molecule has 1 heterocycles. The van der Waals surface area contributed by atoms with E-state index in [0.717, 1.165) is 20.7 Å². The van der Waals surface area contributed by atoms with Crippen LogP contribution in [0.4, 0.5) is 11.4 Å². The van der Waals surface area contributed by atoms with E-state index >= 15 is 0 Å². The van der Waals surface area contributed by atoms with Crippen molar-refractivity contribution in [2.75, 3.05) is 16.8 Å². The van der Waals surface area contributed by atoms with E-state index in [9.17, 15) is 4.79 Å². The van der Waals surface area contributed by atoms with Crippen LogP contribution in [0, 0.1) is 6.92 Å². The number of nitrogens with zero attached hydrogens (tertiary/aromatic N) is 1. The number of aryl methyl sites for hydroxylation is 1. The molecule has 1 aromatic heterocycles. The molecule has 3 N–H and O–H groups in total. The van der Waals surface area contributed by atoms with Crippen molar-refractivity contribution in [1.82, 2.24) is 4.98 Å². The van der Waals surface area contributed by atoms with E-state index in [2.05, 4.69) is 26.2 Å². The van der Waals surface area contributed by atoms with E-state index in [1.54, 1.807) is 12.3 Å². The van der Waals surface area contributed by atoms with Gasteiger partial charge < -0.3 is 11.1 Å². The fourth-order valence-corrected chi connectivity index (χ4v) is 2.85. The van der Waals surface area contributed by atoms with Gasteiger partial charge >= 0.3 is 0 Å². The van der Waals surface area contributed by atoms with Gasteiger partial charge in [0.05, 0.1) is 5.75 Å². The number of amides is 1. The summed E-state index contributed by atoms with van der Waals surface area (Å²) in [5.74, 6) is 0.213. The molecule has 2 rings (SSSR count). The van der Waals surface area contributed by atoms with E-state index in [1.807, 2.05) is 31.2 Å². The van der Waals surface area contributed by atoms with Gasteiger partial charge in [0, 0.05) is 22.0 Å². The Morgan fingerprint density at radius 1 is 1.45 bits per heavy atom. The molecule has 0 saturated heterocycles. The summed E-state index contributed by atoms with van der Waals surface area (Å²) in [5.41, 5.74) is 8.07. The molecule has 0 spiro atoms. The molecule has 0 aliphatic carbocycles. The smallest absolute Gasteiger partial charge is 0.234 e. The Morgan fingerprint density at radius 3 is 3.00 bits per heavy atom. The number of halogens is 1. The molecule has 0 bridgehead atoms. The zero-order valence-corrected chi connectivity index (χ0v) is 13.3. The van der Waals surface area contributed by atoms with Gasteiger partial charge in [-0.2, -0.15) is 0 Å². The van der Waals surface area contributed by atoms with Crippen LogP contribution in [0.5, 0.6) is 0 Å². The lowest BCUT2D eigenvalue weighted by molar-refractivity contribution is -0.113. The third-order valence-electron chi connectivity index (χ3n) is 2.60. The Labute approximate surface area is 130 Å². The summed E-state index contributed by atoms with van der Waals surface area (Å²) in [6.07, 6.45) is 1.70. The Kier molecular flexibility index (Phi) is 5.03. The number of thioether (sulfide) groups is 1. The molecule has 6 heteroatoms. The molecule has 0 saturated carbocycles. The summed E-state index contributed by atoms with van der Waals surface area (Å²) in [7, 11) is 0. The van der Waals surface area contributed by atoms with Gasteiger partial charge in [0.1, 0.15) is 5.03 Å². The minimum absolute atomic E-state index is 0.0822. The maximum absolute atomic E-state index is 11.9. The largest absolute Gasteiger partial charge is 0.399 e. The standard InChI is InChI=1S/C14H14BrN3OS/c1-9-4-5-10(16)7-12(9)18-13(19)8-20-14-11(15)3-2-6-17-14/h2-7H,8,16H2,1H3,(H,18,19). The van der Waals surface area contributed by atoms with Crippen molar-refractivity contribution in [3.05, 3.63) is 46.6 Å². The highest BCUT2D eigenvalue weighted by Crippen LogP contribution is 2.25. The van der Waals surface area contributed by atoms with Crippen molar-refractivity contribution in [1.29, 1.82) is 0 Å². The van der Waals surface area contributed by atoms with Gasteiger partial charge in [0.15, 0.2) is 0 Å². The van der Waals surface area contributed by atoms with Crippen molar-refractivity contribution in [3.63, 3.8) is 0 Å². The molecule has 2 aromatic rings. The van der Waals surface area contributed by atoms with Gasteiger partial charge in [0.25, 0.3) is 0 Å². The fraction of sp³-hybridized carbons (Fsp3) is 0.143. The van der Waals surface area contributed by atoms with Gasteiger partial charge in [-0.25, -0.2) is 4.98 Å². The second-order valence-electron chi connectivity index (χ2n) is 4.20. The Morgan fingerprint density at radius 2 is 2.25 bits per heavy atom. The second-order valence-corrected chi connectivity index (χ2v) is 6.02. The molecule has 1 aromatic carbocycles. The maximum atomic E-state index is 11.9. The highest BCUT2D eigenvalue weighted by Gasteiger charge is 2.08. The monoisotopic (exact) mass is 351 g/mol. The zero-order chi connectivity index (χ0) is 14.5. The minimum Gasteiger partial charge on any atom is -0.399 e. The van der Waals surface area contributed by atoms with Crippen molar-refractivity contribution in [2.24, 2.45) is 0 Å². The average molecular weight is 352 g/mol. The van der Waals surface area contributed by atoms with Crippen LogP contribution >= 0.6 is 27.7 Å². The quantitative estimate of drug-likeness (QED) is 0.653. The topological polar surface area (TPSA) is 68.0 Å². The molecule has 0 aliphatic heterocycles. The van der Waals surface area contributed by atoms with Gasteiger partial charge in [-0.3, -0.25) is 4.79 Å². The Balaban J connectivity index is 1.96. The second kappa shape index (κ2) is 6.76. The van der Waals surface area contributed by atoms with Crippen molar-refractivity contribution < 1.29 is 4.79 Å². The lowest BCUT2D eigenvalue weighted by Gasteiger charge is -2.09. The summed E-state index contributed by atoms with van der Waals surface area (Å²) in [4.78, 5) is 16.1. The number of nitrogens with two attached hydrogens (primary N) is 1. The van der Waals surface area contributed by atoms with Crippen LogP contribution in [0.25, 0.3) is 0 Å². The Hall–Kier alpha value is -1.53. The molecule has 1 amide bonds. The van der Waals surface area contributed by atoms with Crippen molar-refractivity contribution >= 4 is 45.0 Å². The van der Waals surface area contributed by atoms with Gasteiger partial charge in [-0.05, 0) is 52.7 Å². The van der Waals surface area contributed by atoms with Crippen LogP contribution in [-0.2, 0) is 4.79 Å². The predicted molar refractivity (Wildman–Crippen MR) is 86.9 cm³/mol. The summed E-state index contributed by atoms with van der Waals surface area (Å²) in [6, 6.07) is 9.19. The van der Waals surface area contributed by atoms with Gasteiger partial charge in [-0.1, -0.05) is 17.8 Å². The van der Waals surface area contributed by atoms with Gasteiger partial charge in [-0.15, -0.1) is 0 Å². The zero-order valence-electron chi connectivity index (χ0n) is 10.9. The molecule has 0 aliphatic rings. The molecule has 0 radical (unpaired) electrons. The van der Waals surface area contributed by atoms with E-state index in [0.29, 0.717) is 11.4 Å². The van der Waals surface area contributed by atoms with E-state index < -0.39 is 0 Å².